The highest BCUT2D eigenvalue weighted by atomic mass is 16.3. The van der Waals surface area contributed by atoms with Crippen molar-refractivity contribution in [3.05, 3.63) is 24.2 Å². The molecular weight excluding hydrogens is 188 g/mol. The van der Waals surface area contributed by atoms with Gasteiger partial charge in [0.05, 0.1) is 12.8 Å². The van der Waals surface area contributed by atoms with Crippen LogP contribution in [0.1, 0.15) is 19.6 Å². The second kappa shape index (κ2) is 4.81. The van der Waals surface area contributed by atoms with Gasteiger partial charge in [0.25, 0.3) is 0 Å². The standard InChI is InChI=1S/C12H20N2O/c1-10-6-13-11(2)8-14(7-10)9-12-4-3-5-15-12/h3-5,10-11,13H,6-9H2,1-2H3. The molecule has 1 aliphatic heterocycles. The molecule has 1 N–H and O–H groups in total. The molecule has 3 nitrogen and oxygen atoms in total. The molecular formula is C12H20N2O. The van der Waals surface area contributed by atoms with Gasteiger partial charge in [0.1, 0.15) is 5.76 Å². The van der Waals surface area contributed by atoms with Gasteiger partial charge in [0.15, 0.2) is 0 Å². The monoisotopic (exact) mass is 208 g/mol. The fraction of sp³-hybridized carbons (Fsp3) is 0.667. The van der Waals surface area contributed by atoms with E-state index in [2.05, 4.69) is 24.1 Å². The summed E-state index contributed by atoms with van der Waals surface area (Å²) in [5, 5.41) is 3.53. The van der Waals surface area contributed by atoms with Crippen LogP contribution in [0, 0.1) is 5.92 Å². The second-order valence-electron chi connectivity index (χ2n) is 4.69. The summed E-state index contributed by atoms with van der Waals surface area (Å²) in [4.78, 5) is 2.47. The Bertz CT molecular complexity index is 272. The Morgan fingerprint density at radius 2 is 2.33 bits per heavy atom. The Hall–Kier alpha value is -0.800. The third kappa shape index (κ3) is 3.08. The minimum Gasteiger partial charge on any atom is -0.468 e. The predicted molar refractivity (Wildman–Crippen MR) is 60.6 cm³/mol. The van der Waals surface area contributed by atoms with E-state index in [-0.39, 0.29) is 0 Å². The molecule has 1 aromatic heterocycles. The molecule has 1 aliphatic rings. The van der Waals surface area contributed by atoms with Crippen molar-refractivity contribution in [3.8, 4) is 0 Å². The van der Waals surface area contributed by atoms with Crippen molar-refractivity contribution < 1.29 is 4.42 Å². The lowest BCUT2D eigenvalue weighted by molar-refractivity contribution is 0.225. The zero-order valence-electron chi connectivity index (χ0n) is 9.57. The summed E-state index contributed by atoms with van der Waals surface area (Å²) in [5.74, 6) is 1.78. The highest BCUT2D eigenvalue weighted by Gasteiger charge is 2.19. The van der Waals surface area contributed by atoms with Crippen LogP contribution in [0.15, 0.2) is 22.8 Å². The van der Waals surface area contributed by atoms with E-state index in [9.17, 15) is 0 Å². The van der Waals surface area contributed by atoms with E-state index in [1.807, 2.05) is 12.1 Å². The van der Waals surface area contributed by atoms with E-state index in [4.69, 9.17) is 4.42 Å². The quantitative estimate of drug-likeness (QED) is 0.802. The first-order valence-electron chi connectivity index (χ1n) is 5.72. The summed E-state index contributed by atoms with van der Waals surface area (Å²) in [5.41, 5.74) is 0. The van der Waals surface area contributed by atoms with Crippen molar-refractivity contribution >= 4 is 0 Å². The van der Waals surface area contributed by atoms with Crippen LogP contribution in [0.3, 0.4) is 0 Å². The highest BCUT2D eigenvalue weighted by molar-refractivity contribution is 4.98. The number of furan rings is 1. The number of hydrogen-bond acceptors (Lipinski definition) is 3. The van der Waals surface area contributed by atoms with Crippen LogP contribution in [0.25, 0.3) is 0 Å². The van der Waals surface area contributed by atoms with E-state index < -0.39 is 0 Å². The van der Waals surface area contributed by atoms with E-state index in [0.717, 1.165) is 31.9 Å². The first-order valence-corrected chi connectivity index (χ1v) is 5.72. The van der Waals surface area contributed by atoms with Crippen LogP contribution in [0.4, 0.5) is 0 Å². The number of nitrogens with zero attached hydrogens (tertiary/aromatic N) is 1. The molecule has 2 rings (SSSR count). The van der Waals surface area contributed by atoms with Gasteiger partial charge >= 0.3 is 0 Å². The smallest absolute Gasteiger partial charge is 0.117 e. The third-order valence-electron chi connectivity index (χ3n) is 2.88. The molecule has 0 saturated carbocycles. The second-order valence-corrected chi connectivity index (χ2v) is 4.69. The molecule has 15 heavy (non-hydrogen) atoms. The molecule has 2 heterocycles. The fourth-order valence-electron chi connectivity index (χ4n) is 2.19. The average molecular weight is 208 g/mol. The normalized spacial score (nSPS) is 28.9. The van der Waals surface area contributed by atoms with Gasteiger partial charge in [0, 0.05) is 19.1 Å². The fourth-order valence-corrected chi connectivity index (χ4v) is 2.19. The van der Waals surface area contributed by atoms with Crippen LogP contribution < -0.4 is 5.32 Å². The van der Waals surface area contributed by atoms with Gasteiger partial charge in [-0.2, -0.15) is 0 Å². The van der Waals surface area contributed by atoms with Gasteiger partial charge in [-0.05, 0) is 31.5 Å². The minimum absolute atomic E-state index is 0.574. The van der Waals surface area contributed by atoms with Crippen LogP contribution in [-0.4, -0.2) is 30.6 Å². The van der Waals surface area contributed by atoms with E-state index in [1.165, 1.54) is 0 Å². The maximum absolute atomic E-state index is 5.39. The number of nitrogens with one attached hydrogen (secondary N) is 1. The summed E-state index contributed by atoms with van der Waals surface area (Å²) in [7, 11) is 0. The van der Waals surface area contributed by atoms with Crippen LogP contribution >= 0.6 is 0 Å². The summed E-state index contributed by atoms with van der Waals surface area (Å²) in [6, 6.07) is 4.58. The molecule has 3 heteroatoms. The van der Waals surface area contributed by atoms with Gasteiger partial charge in [-0.3, -0.25) is 4.90 Å². The van der Waals surface area contributed by atoms with Crippen molar-refractivity contribution in [2.75, 3.05) is 19.6 Å². The number of rotatable bonds is 2. The Balaban J connectivity index is 1.94. The lowest BCUT2D eigenvalue weighted by atomic mass is 10.2. The van der Waals surface area contributed by atoms with E-state index in [1.54, 1.807) is 6.26 Å². The summed E-state index contributed by atoms with van der Waals surface area (Å²) < 4.78 is 5.39. The Labute approximate surface area is 91.4 Å². The molecule has 0 bridgehead atoms. The largest absolute Gasteiger partial charge is 0.468 e. The summed E-state index contributed by atoms with van der Waals surface area (Å²) >= 11 is 0. The molecule has 2 unspecified atom stereocenters. The summed E-state index contributed by atoms with van der Waals surface area (Å²) in [6.07, 6.45) is 1.75. The first-order chi connectivity index (χ1) is 7.24. The van der Waals surface area contributed by atoms with Crippen LogP contribution in [0.2, 0.25) is 0 Å². The van der Waals surface area contributed by atoms with Crippen molar-refractivity contribution in [2.45, 2.75) is 26.4 Å². The SMILES string of the molecule is CC1CNC(C)CN(Cc2ccco2)C1. The van der Waals surface area contributed by atoms with Gasteiger partial charge in [0.2, 0.25) is 0 Å². The maximum Gasteiger partial charge on any atom is 0.117 e. The molecule has 0 radical (unpaired) electrons. The van der Waals surface area contributed by atoms with Gasteiger partial charge in [-0.15, -0.1) is 0 Å². The van der Waals surface area contributed by atoms with Crippen LogP contribution in [-0.2, 0) is 6.54 Å². The van der Waals surface area contributed by atoms with Crippen molar-refractivity contribution in [1.29, 1.82) is 0 Å². The van der Waals surface area contributed by atoms with Crippen molar-refractivity contribution in [1.82, 2.24) is 10.2 Å². The lowest BCUT2D eigenvalue weighted by Gasteiger charge is -2.22. The molecule has 0 amide bonds. The predicted octanol–water partition coefficient (Wildman–Crippen LogP) is 1.71. The van der Waals surface area contributed by atoms with Gasteiger partial charge in [-0.25, -0.2) is 0 Å². The lowest BCUT2D eigenvalue weighted by Crippen LogP contribution is -2.34. The van der Waals surface area contributed by atoms with Gasteiger partial charge < -0.3 is 9.73 Å². The topological polar surface area (TPSA) is 28.4 Å². The molecule has 1 aromatic rings. The average Bonchev–Trinajstić information content (AvgIpc) is 2.61. The van der Waals surface area contributed by atoms with Crippen molar-refractivity contribution in [2.24, 2.45) is 5.92 Å². The maximum atomic E-state index is 5.39. The van der Waals surface area contributed by atoms with Crippen molar-refractivity contribution in [3.63, 3.8) is 0 Å². The molecule has 0 aromatic carbocycles. The molecule has 0 aliphatic carbocycles. The molecule has 84 valence electrons. The Kier molecular flexibility index (Phi) is 3.44. The van der Waals surface area contributed by atoms with Crippen LogP contribution in [0.5, 0.6) is 0 Å². The zero-order chi connectivity index (χ0) is 10.7. The van der Waals surface area contributed by atoms with Gasteiger partial charge in [-0.1, -0.05) is 6.92 Å². The number of hydrogen-bond donors (Lipinski definition) is 1. The highest BCUT2D eigenvalue weighted by Crippen LogP contribution is 2.11. The Morgan fingerprint density at radius 3 is 3.07 bits per heavy atom. The first kappa shape index (κ1) is 10.7. The molecule has 1 saturated heterocycles. The third-order valence-corrected chi connectivity index (χ3v) is 2.88. The zero-order valence-corrected chi connectivity index (χ0v) is 9.57. The van der Waals surface area contributed by atoms with E-state index >= 15 is 0 Å². The molecule has 1 fully saturated rings. The Morgan fingerprint density at radius 1 is 1.47 bits per heavy atom. The van der Waals surface area contributed by atoms with E-state index in [0.29, 0.717) is 12.0 Å². The molecule has 0 spiro atoms. The molecule has 2 atom stereocenters. The minimum atomic E-state index is 0.574. The summed E-state index contributed by atoms with van der Waals surface area (Å²) in [6.45, 7) is 8.84.